The predicted octanol–water partition coefficient (Wildman–Crippen LogP) is 2.07. The maximum absolute atomic E-state index is 12.5. The first-order chi connectivity index (χ1) is 8.69. The molecule has 1 aromatic rings. The van der Waals surface area contributed by atoms with Crippen molar-refractivity contribution in [3.05, 3.63) is 28.2 Å². The zero-order valence-electron chi connectivity index (χ0n) is 10.6. The van der Waals surface area contributed by atoms with E-state index in [0.29, 0.717) is 23.4 Å². The van der Waals surface area contributed by atoms with Crippen LogP contribution in [0.15, 0.2) is 22.7 Å². The number of nitrogens with zero attached hydrogens (tertiary/aromatic N) is 1. The first kappa shape index (κ1) is 14.6. The smallest absolute Gasteiger partial charge is 0.257 e. The van der Waals surface area contributed by atoms with Gasteiger partial charge in [-0.05, 0) is 24.6 Å². The molecule has 6 heteroatoms. The predicted molar refractivity (Wildman–Crippen MR) is 79.2 cm³/mol. The Bertz CT molecular complexity index is 498. The van der Waals surface area contributed by atoms with E-state index in [2.05, 4.69) is 21.2 Å². The van der Waals surface area contributed by atoms with Gasteiger partial charge in [-0.2, -0.15) is 0 Å². The van der Waals surface area contributed by atoms with E-state index in [1.807, 2.05) is 23.1 Å². The summed E-state index contributed by atoms with van der Waals surface area (Å²) in [5, 5.41) is 3.40. The lowest BCUT2D eigenvalue weighted by atomic mass is 10.1. The van der Waals surface area contributed by atoms with E-state index in [4.69, 9.17) is 4.74 Å². The molecule has 2 aliphatic rings. The van der Waals surface area contributed by atoms with Gasteiger partial charge in [0.15, 0.2) is 0 Å². The van der Waals surface area contributed by atoms with E-state index < -0.39 is 0 Å². The highest BCUT2D eigenvalue weighted by Crippen LogP contribution is 2.29. The number of nitrogens with one attached hydrogen (secondary N) is 1. The lowest BCUT2D eigenvalue weighted by molar-refractivity contribution is 0.0712. The zero-order chi connectivity index (χ0) is 12.7. The molecule has 2 heterocycles. The molecule has 2 fully saturated rings. The molecule has 1 aromatic carbocycles. The number of carbonyl (C=O) groups excluding carboxylic acids is 1. The maximum atomic E-state index is 12.5. The zero-order valence-corrected chi connectivity index (χ0v) is 13.0. The minimum absolute atomic E-state index is 0. The quantitative estimate of drug-likeness (QED) is 0.890. The van der Waals surface area contributed by atoms with Gasteiger partial charge in [0.25, 0.3) is 5.91 Å². The van der Waals surface area contributed by atoms with Gasteiger partial charge in [0.05, 0.1) is 12.7 Å². The summed E-state index contributed by atoms with van der Waals surface area (Å²) in [5.41, 5.74) is 0.647. The second-order valence-electron chi connectivity index (χ2n) is 4.80. The minimum atomic E-state index is 0. The maximum Gasteiger partial charge on any atom is 0.257 e. The Labute approximate surface area is 127 Å². The Balaban J connectivity index is 0.00000133. The van der Waals surface area contributed by atoms with Gasteiger partial charge in [-0.1, -0.05) is 15.9 Å². The summed E-state index contributed by atoms with van der Waals surface area (Å²) in [6, 6.07) is 6.35. The minimum Gasteiger partial charge on any atom is -0.496 e. The summed E-state index contributed by atoms with van der Waals surface area (Å²) in [7, 11) is 1.59. The number of hydrogen-bond acceptors (Lipinski definition) is 3. The highest BCUT2D eigenvalue weighted by Gasteiger charge is 2.40. The van der Waals surface area contributed by atoms with E-state index in [-0.39, 0.29) is 18.3 Å². The number of benzene rings is 1. The van der Waals surface area contributed by atoms with Crippen LogP contribution in [0.3, 0.4) is 0 Å². The molecule has 0 aliphatic carbocycles. The molecule has 0 aromatic heterocycles. The SMILES string of the molecule is COc1cc(Br)ccc1C(=O)N1CC2C[C@H]1CN2.Cl. The number of methoxy groups -OCH3 is 1. The van der Waals surface area contributed by atoms with Gasteiger partial charge in [-0.15, -0.1) is 12.4 Å². The Morgan fingerprint density at radius 3 is 2.89 bits per heavy atom. The number of carbonyl (C=O) groups is 1. The van der Waals surface area contributed by atoms with Crippen molar-refractivity contribution in [3.63, 3.8) is 0 Å². The van der Waals surface area contributed by atoms with Crippen molar-refractivity contribution >= 4 is 34.2 Å². The van der Waals surface area contributed by atoms with E-state index in [9.17, 15) is 4.79 Å². The number of hydrogen-bond donors (Lipinski definition) is 1. The molecule has 0 radical (unpaired) electrons. The fourth-order valence-electron chi connectivity index (χ4n) is 2.81. The molecule has 0 saturated carbocycles. The Morgan fingerprint density at radius 1 is 1.53 bits per heavy atom. The second kappa shape index (κ2) is 5.69. The number of fused-ring (bicyclic) bond motifs is 2. The van der Waals surface area contributed by atoms with Crippen molar-refractivity contribution in [2.75, 3.05) is 20.2 Å². The molecule has 2 bridgehead atoms. The fraction of sp³-hybridized carbons (Fsp3) is 0.462. The van der Waals surface area contributed by atoms with Gasteiger partial charge in [0, 0.05) is 29.6 Å². The number of piperazine rings is 1. The van der Waals surface area contributed by atoms with Gasteiger partial charge in [0.1, 0.15) is 5.75 Å². The van der Waals surface area contributed by atoms with Crippen LogP contribution in [-0.2, 0) is 0 Å². The molecular weight excluding hydrogens is 332 g/mol. The summed E-state index contributed by atoms with van der Waals surface area (Å²) in [5.74, 6) is 0.707. The van der Waals surface area contributed by atoms with E-state index >= 15 is 0 Å². The summed E-state index contributed by atoms with van der Waals surface area (Å²) in [6.45, 7) is 1.72. The van der Waals surface area contributed by atoms with Crippen LogP contribution in [0.2, 0.25) is 0 Å². The number of halogens is 2. The molecule has 19 heavy (non-hydrogen) atoms. The molecule has 1 N–H and O–H groups in total. The average Bonchev–Trinajstić information content (AvgIpc) is 3.00. The largest absolute Gasteiger partial charge is 0.496 e. The van der Waals surface area contributed by atoms with Crippen molar-refractivity contribution in [2.24, 2.45) is 0 Å². The molecule has 3 rings (SSSR count). The Kier molecular flexibility index (Phi) is 4.38. The molecule has 4 nitrogen and oxygen atoms in total. The summed E-state index contributed by atoms with van der Waals surface area (Å²) in [4.78, 5) is 14.5. The van der Waals surface area contributed by atoms with Crippen molar-refractivity contribution in [1.29, 1.82) is 0 Å². The molecule has 104 valence electrons. The Hall–Kier alpha value is -0.780. The van der Waals surface area contributed by atoms with Crippen LogP contribution in [0.1, 0.15) is 16.8 Å². The van der Waals surface area contributed by atoms with Crippen LogP contribution in [0.25, 0.3) is 0 Å². The topological polar surface area (TPSA) is 41.6 Å². The third kappa shape index (κ3) is 2.59. The van der Waals surface area contributed by atoms with Crippen molar-refractivity contribution in [2.45, 2.75) is 18.5 Å². The molecule has 1 amide bonds. The first-order valence-corrected chi connectivity index (χ1v) is 6.86. The first-order valence-electron chi connectivity index (χ1n) is 6.07. The molecule has 1 unspecified atom stereocenters. The number of amides is 1. The van der Waals surface area contributed by atoms with E-state index in [0.717, 1.165) is 24.0 Å². The van der Waals surface area contributed by atoms with Gasteiger partial charge >= 0.3 is 0 Å². The van der Waals surface area contributed by atoms with Gasteiger partial charge < -0.3 is 15.0 Å². The van der Waals surface area contributed by atoms with Gasteiger partial charge in [-0.25, -0.2) is 0 Å². The molecule has 2 atom stereocenters. The fourth-order valence-corrected chi connectivity index (χ4v) is 3.15. The third-order valence-corrected chi connectivity index (χ3v) is 4.20. The summed E-state index contributed by atoms with van der Waals surface area (Å²) < 4.78 is 6.21. The van der Waals surface area contributed by atoms with E-state index in [1.54, 1.807) is 7.11 Å². The van der Waals surface area contributed by atoms with Crippen molar-refractivity contribution in [3.8, 4) is 5.75 Å². The standard InChI is InChI=1S/C13H15BrN2O2.ClH/c1-18-12-4-8(14)2-3-11(12)13(17)16-7-9-5-10(16)6-15-9;/h2-4,9-10,15H,5-7H2,1H3;1H/t9?,10-;/m0./s1. The lowest BCUT2D eigenvalue weighted by Crippen LogP contribution is -2.46. The molecule has 0 spiro atoms. The van der Waals surface area contributed by atoms with Crippen molar-refractivity contribution < 1.29 is 9.53 Å². The number of ether oxygens (including phenoxy) is 1. The van der Waals surface area contributed by atoms with Crippen LogP contribution in [-0.4, -0.2) is 43.1 Å². The summed E-state index contributed by atoms with van der Waals surface area (Å²) >= 11 is 3.39. The van der Waals surface area contributed by atoms with Crippen LogP contribution >= 0.6 is 28.3 Å². The number of likely N-dealkylation sites (tertiary alicyclic amines) is 1. The van der Waals surface area contributed by atoms with Gasteiger partial charge in [-0.3, -0.25) is 4.79 Å². The average molecular weight is 348 g/mol. The second-order valence-corrected chi connectivity index (χ2v) is 5.71. The Morgan fingerprint density at radius 2 is 2.32 bits per heavy atom. The van der Waals surface area contributed by atoms with Crippen molar-refractivity contribution in [1.82, 2.24) is 10.2 Å². The monoisotopic (exact) mass is 346 g/mol. The van der Waals surface area contributed by atoms with Crippen LogP contribution in [0.5, 0.6) is 5.75 Å². The third-order valence-electron chi connectivity index (χ3n) is 3.71. The van der Waals surface area contributed by atoms with Crippen LogP contribution < -0.4 is 10.1 Å². The van der Waals surface area contributed by atoms with Crippen LogP contribution in [0, 0.1) is 0 Å². The molecule has 2 aliphatic heterocycles. The van der Waals surface area contributed by atoms with E-state index in [1.165, 1.54) is 0 Å². The lowest BCUT2D eigenvalue weighted by Gasteiger charge is -2.28. The molecule has 2 saturated heterocycles. The number of rotatable bonds is 2. The highest BCUT2D eigenvalue weighted by atomic mass is 79.9. The summed E-state index contributed by atoms with van der Waals surface area (Å²) in [6.07, 6.45) is 1.07. The van der Waals surface area contributed by atoms with Gasteiger partial charge in [0.2, 0.25) is 0 Å². The normalized spacial score (nSPS) is 24.2. The molecular formula is C13H16BrClN2O2. The van der Waals surface area contributed by atoms with Crippen LogP contribution in [0.4, 0.5) is 0 Å². The highest BCUT2D eigenvalue weighted by molar-refractivity contribution is 9.10.